The molecule has 2 N–H and O–H groups in total. The number of ether oxygens (including phenoxy) is 1. The van der Waals surface area contributed by atoms with Crippen LogP contribution in [0.15, 0.2) is 24.3 Å². The van der Waals surface area contributed by atoms with Crippen LogP contribution in [0.25, 0.3) is 0 Å². The molecule has 0 unspecified atom stereocenters. The van der Waals surface area contributed by atoms with Crippen LogP contribution in [0.3, 0.4) is 0 Å². The van der Waals surface area contributed by atoms with Crippen LogP contribution in [0.1, 0.15) is 31.2 Å². The average Bonchev–Trinajstić information content (AvgIpc) is 3.16. The Kier molecular flexibility index (Phi) is 4.27. The molecule has 0 heterocycles. The monoisotopic (exact) mass is 277 g/mol. The van der Waals surface area contributed by atoms with E-state index in [2.05, 4.69) is 5.32 Å². The molecule has 0 aromatic heterocycles. The first kappa shape index (κ1) is 14.4. The van der Waals surface area contributed by atoms with Crippen molar-refractivity contribution in [1.29, 1.82) is 0 Å². The maximum atomic E-state index is 11.6. The number of carboxylic acid groups (broad SMARTS) is 1. The molecule has 0 atom stereocenters. The predicted octanol–water partition coefficient (Wildman–Crippen LogP) is 1.89. The first-order valence-corrected chi connectivity index (χ1v) is 6.76. The second-order valence-electron chi connectivity index (χ2n) is 5.20. The zero-order chi connectivity index (χ0) is 14.6. The molecule has 1 saturated carbocycles. The Morgan fingerprint density at radius 2 is 2.15 bits per heavy atom. The van der Waals surface area contributed by atoms with Gasteiger partial charge in [-0.1, -0.05) is 12.1 Å². The van der Waals surface area contributed by atoms with E-state index in [-0.39, 0.29) is 12.3 Å². The van der Waals surface area contributed by atoms with Gasteiger partial charge < -0.3 is 15.2 Å². The predicted molar refractivity (Wildman–Crippen MR) is 73.7 cm³/mol. The van der Waals surface area contributed by atoms with Gasteiger partial charge in [0, 0.05) is 6.42 Å². The Balaban J connectivity index is 1.66. The van der Waals surface area contributed by atoms with Crippen molar-refractivity contribution in [2.24, 2.45) is 0 Å². The Hall–Kier alpha value is -2.04. The van der Waals surface area contributed by atoms with Gasteiger partial charge in [0.15, 0.2) is 0 Å². The number of hydrogen-bond acceptors (Lipinski definition) is 3. The van der Waals surface area contributed by atoms with E-state index in [1.165, 1.54) is 0 Å². The van der Waals surface area contributed by atoms with Gasteiger partial charge in [0.1, 0.15) is 11.3 Å². The van der Waals surface area contributed by atoms with Crippen molar-refractivity contribution >= 4 is 11.9 Å². The molecule has 1 fully saturated rings. The van der Waals surface area contributed by atoms with Crippen molar-refractivity contribution in [3.05, 3.63) is 29.8 Å². The van der Waals surface area contributed by atoms with Gasteiger partial charge in [-0.05, 0) is 43.9 Å². The normalized spacial score (nSPS) is 15.4. The number of carbonyl (C=O) groups is 2. The van der Waals surface area contributed by atoms with E-state index in [1.807, 2.05) is 31.2 Å². The van der Waals surface area contributed by atoms with Crippen LogP contribution in [0.2, 0.25) is 0 Å². The number of carbonyl (C=O) groups excluding carboxylic acids is 1. The highest BCUT2D eigenvalue weighted by Gasteiger charge is 2.51. The number of carboxylic acids is 1. The Morgan fingerprint density at radius 1 is 1.40 bits per heavy atom. The van der Waals surface area contributed by atoms with Crippen molar-refractivity contribution in [3.63, 3.8) is 0 Å². The van der Waals surface area contributed by atoms with Crippen molar-refractivity contribution in [2.45, 2.75) is 38.1 Å². The SMILES string of the molecule is Cc1cccc(OCCCC(=O)NC2(C(=O)O)CC2)c1. The largest absolute Gasteiger partial charge is 0.494 e. The van der Waals surface area contributed by atoms with E-state index in [1.54, 1.807) is 0 Å². The van der Waals surface area contributed by atoms with Gasteiger partial charge in [-0.2, -0.15) is 0 Å². The van der Waals surface area contributed by atoms with Crippen molar-refractivity contribution < 1.29 is 19.4 Å². The summed E-state index contributed by atoms with van der Waals surface area (Å²) in [6.45, 7) is 2.43. The van der Waals surface area contributed by atoms with Gasteiger partial charge in [0.2, 0.25) is 5.91 Å². The highest BCUT2D eigenvalue weighted by atomic mass is 16.5. The molecule has 1 aliphatic carbocycles. The van der Waals surface area contributed by atoms with Gasteiger partial charge in [-0.25, -0.2) is 4.79 Å². The van der Waals surface area contributed by atoms with Gasteiger partial charge in [0.25, 0.3) is 0 Å². The van der Waals surface area contributed by atoms with Gasteiger partial charge in [0.05, 0.1) is 6.61 Å². The van der Waals surface area contributed by atoms with E-state index in [4.69, 9.17) is 9.84 Å². The van der Waals surface area contributed by atoms with Crippen molar-refractivity contribution in [2.75, 3.05) is 6.61 Å². The molecular formula is C15H19NO4. The van der Waals surface area contributed by atoms with Crippen LogP contribution in [-0.4, -0.2) is 29.1 Å². The maximum Gasteiger partial charge on any atom is 0.329 e. The van der Waals surface area contributed by atoms with E-state index in [9.17, 15) is 9.59 Å². The quantitative estimate of drug-likeness (QED) is 0.746. The lowest BCUT2D eigenvalue weighted by Crippen LogP contribution is -2.43. The van der Waals surface area contributed by atoms with Gasteiger partial charge >= 0.3 is 5.97 Å². The third-order valence-electron chi connectivity index (χ3n) is 3.34. The zero-order valence-corrected chi connectivity index (χ0v) is 11.5. The molecule has 0 radical (unpaired) electrons. The summed E-state index contributed by atoms with van der Waals surface area (Å²) in [6.07, 6.45) is 1.89. The van der Waals surface area contributed by atoms with Crippen LogP contribution in [-0.2, 0) is 9.59 Å². The molecule has 5 nitrogen and oxygen atoms in total. The number of benzene rings is 1. The van der Waals surface area contributed by atoms with Crippen LogP contribution in [0.5, 0.6) is 5.75 Å². The number of amides is 1. The summed E-state index contributed by atoms with van der Waals surface area (Å²) in [5.74, 6) is -0.380. The molecular weight excluding hydrogens is 258 g/mol. The number of hydrogen-bond donors (Lipinski definition) is 2. The van der Waals surface area contributed by atoms with E-state index in [0.29, 0.717) is 25.9 Å². The van der Waals surface area contributed by atoms with E-state index < -0.39 is 11.5 Å². The summed E-state index contributed by atoms with van der Waals surface area (Å²) in [6, 6.07) is 7.71. The Labute approximate surface area is 117 Å². The molecule has 1 aromatic carbocycles. The molecule has 1 amide bonds. The summed E-state index contributed by atoms with van der Waals surface area (Å²) in [5, 5.41) is 11.5. The fraction of sp³-hybridized carbons (Fsp3) is 0.467. The lowest BCUT2D eigenvalue weighted by molar-refractivity contribution is -0.143. The Morgan fingerprint density at radius 3 is 2.75 bits per heavy atom. The minimum Gasteiger partial charge on any atom is -0.494 e. The number of nitrogens with one attached hydrogen (secondary N) is 1. The highest BCUT2D eigenvalue weighted by molar-refractivity contribution is 5.89. The fourth-order valence-corrected chi connectivity index (χ4v) is 1.97. The summed E-state index contributed by atoms with van der Waals surface area (Å²) < 4.78 is 5.53. The first-order valence-electron chi connectivity index (χ1n) is 6.76. The topological polar surface area (TPSA) is 75.6 Å². The van der Waals surface area contributed by atoms with E-state index >= 15 is 0 Å². The second-order valence-corrected chi connectivity index (χ2v) is 5.20. The summed E-state index contributed by atoms with van der Waals surface area (Å²) in [7, 11) is 0. The average molecular weight is 277 g/mol. The van der Waals surface area contributed by atoms with Gasteiger partial charge in [-0.15, -0.1) is 0 Å². The molecule has 5 heteroatoms. The minimum atomic E-state index is -0.992. The van der Waals surface area contributed by atoms with Crippen LogP contribution in [0.4, 0.5) is 0 Å². The molecule has 0 bridgehead atoms. The first-order chi connectivity index (χ1) is 9.52. The smallest absolute Gasteiger partial charge is 0.329 e. The Bertz CT molecular complexity index is 508. The molecule has 2 rings (SSSR count). The minimum absolute atomic E-state index is 0.224. The van der Waals surface area contributed by atoms with E-state index in [0.717, 1.165) is 11.3 Å². The fourth-order valence-electron chi connectivity index (χ4n) is 1.97. The van der Waals surface area contributed by atoms with Crippen LogP contribution >= 0.6 is 0 Å². The summed E-state index contributed by atoms with van der Waals surface area (Å²) in [4.78, 5) is 22.6. The second kappa shape index (κ2) is 5.94. The van der Waals surface area contributed by atoms with Crippen molar-refractivity contribution in [1.82, 2.24) is 5.32 Å². The van der Waals surface area contributed by atoms with Crippen LogP contribution < -0.4 is 10.1 Å². The molecule has 108 valence electrons. The van der Waals surface area contributed by atoms with Gasteiger partial charge in [-0.3, -0.25) is 4.79 Å². The number of rotatable bonds is 7. The lowest BCUT2D eigenvalue weighted by Gasteiger charge is -2.12. The number of aliphatic carboxylic acids is 1. The molecule has 1 aliphatic rings. The maximum absolute atomic E-state index is 11.6. The van der Waals surface area contributed by atoms with Crippen LogP contribution in [0, 0.1) is 6.92 Å². The highest BCUT2D eigenvalue weighted by Crippen LogP contribution is 2.35. The summed E-state index contributed by atoms with van der Waals surface area (Å²) in [5.41, 5.74) is 0.131. The standard InChI is InChI=1S/C15H19NO4/c1-11-4-2-5-12(10-11)20-9-3-6-13(17)16-15(7-8-15)14(18)19/h2,4-5,10H,3,6-9H2,1H3,(H,16,17)(H,18,19). The molecule has 0 saturated heterocycles. The lowest BCUT2D eigenvalue weighted by atomic mass is 10.2. The zero-order valence-electron chi connectivity index (χ0n) is 11.5. The van der Waals surface area contributed by atoms with Crippen molar-refractivity contribution in [3.8, 4) is 5.75 Å². The third kappa shape index (κ3) is 3.73. The molecule has 0 aliphatic heterocycles. The molecule has 20 heavy (non-hydrogen) atoms. The third-order valence-corrected chi connectivity index (χ3v) is 3.34. The molecule has 1 aromatic rings. The molecule has 0 spiro atoms. The summed E-state index contributed by atoms with van der Waals surface area (Å²) >= 11 is 0. The number of aryl methyl sites for hydroxylation is 1.